The number of hydrogen-bond acceptors (Lipinski definition) is 2. The smallest absolute Gasteiger partial charge is 0.149 e. The first-order chi connectivity index (χ1) is 9.69. The van der Waals surface area contributed by atoms with E-state index in [2.05, 4.69) is 5.32 Å². The second kappa shape index (κ2) is 5.68. The van der Waals surface area contributed by atoms with Gasteiger partial charge in [-0.05, 0) is 55.8 Å². The molecule has 3 rings (SSSR count). The van der Waals surface area contributed by atoms with Crippen LogP contribution in [0.15, 0.2) is 12.1 Å². The fourth-order valence-corrected chi connectivity index (χ4v) is 2.65. The van der Waals surface area contributed by atoms with Crippen molar-refractivity contribution in [3.63, 3.8) is 0 Å². The standard InChI is InChI=1S/C16H22F2N2/c1-2-19-9-12-7-14(17)16(15(18)8-12)20(13-5-6-13)10-11-3-4-11/h7-8,11,13,19H,2-6,9-10H2,1H3. The minimum Gasteiger partial charge on any atom is -0.364 e. The first kappa shape index (κ1) is 13.8. The third-order valence-corrected chi connectivity index (χ3v) is 4.08. The highest BCUT2D eigenvalue weighted by atomic mass is 19.1. The van der Waals surface area contributed by atoms with E-state index in [0.29, 0.717) is 24.1 Å². The molecule has 0 bridgehead atoms. The second-order valence-corrected chi connectivity index (χ2v) is 6.02. The number of nitrogens with zero attached hydrogens (tertiary/aromatic N) is 1. The van der Waals surface area contributed by atoms with Gasteiger partial charge in [-0.25, -0.2) is 8.78 Å². The van der Waals surface area contributed by atoms with Gasteiger partial charge in [-0.3, -0.25) is 0 Å². The van der Waals surface area contributed by atoms with Crippen molar-refractivity contribution in [2.75, 3.05) is 18.0 Å². The summed E-state index contributed by atoms with van der Waals surface area (Å²) in [5.74, 6) is -0.188. The van der Waals surface area contributed by atoms with Gasteiger partial charge >= 0.3 is 0 Å². The lowest BCUT2D eigenvalue weighted by Gasteiger charge is -2.26. The zero-order valence-corrected chi connectivity index (χ0v) is 12.0. The zero-order chi connectivity index (χ0) is 14.1. The van der Waals surface area contributed by atoms with E-state index in [1.807, 2.05) is 11.8 Å². The van der Waals surface area contributed by atoms with Crippen molar-refractivity contribution in [2.45, 2.75) is 45.2 Å². The minimum absolute atomic E-state index is 0.194. The summed E-state index contributed by atoms with van der Waals surface area (Å²) in [5.41, 5.74) is 0.868. The second-order valence-electron chi connectivity index (χ2n) is 6.02. The van der Waals surface area contributed by atoms with Gasteiger partial charge in [-0.15, -0.1) is 0 Å². The minimum atomic E-state index is -0.412. The van der Waals surface area contributed by atoms with Gasteiger partial charge < -0.3 is 10.2 Å². The van der Waals surface area contributed by atoms with E-state index < -0.39 is 11.6 Å². The highest BCUT2D eigenvalue weighted by Gasteiger charge is 2.36. The molecule has 0 radical (unpaired) electrons. The number of halogens is 2. The number of hydrogen-bond donors (Lipinski definition) is 1. The monoisotopic (exact) mass is 280 g/mol. The van der Waals surface area contributed by atoms with Crippen LogP contribution < -0.4 is 10.2 Å². The average molecular weight is 280 g/mol. The van der Waals surface area contributed by atoms with Crippen molar-refractivity contribution < 1.29 is 8.78 Å². The first-order valence-electron chi connectivity index (χ1n) is 7.64. The summed E-state index contributed by atoms with van der Waals surface area (Å²) in [7, 11) is 0. The maximum absolute atomic E-state index is 14.3. The van der Waals surface area contributed by atoms with E-state index >= 15 is 0 Å². The first-order valence-corrected chi connectivity index (χ1v) is 7.64. The largest absolute Gasteiger partial charge is 0.364 e. The number of anilines is 1. The van der Waals surface area contributed by atoms with Crippen LogP contribution in [0.3, 0.4) is 0 Å². The number of rotatable bonds is 7. The maximum atomic E-state index is 14.3. The van der Waals surface area contributed by atoms with Crippen LogP contribution in [0.4, 0.5) is 14.5 Å². The number of nitrogens with one attached hydrogen (secondary N) is 1. The Morgan fingerprint density at radius 3 is 2.30 bits per heavy atom. The Balaban J connectivity index is 1.82. The van der Waals surface area contributed by atoms with Crippen LogP contribution in [-0.4, -0.2) is 19.1 Å². The fourth-order valence-electron chi connectivity index (χ4n) is 2.65. The molecule has 0 unspecified atom stereocenters. The van der Waals surface area contributed by atoms with E-state index in [0.717, 1.165) is 25.9 Å². The summed E-state index contributed by atoms with van der Waals surface area (Å²) in [5, 5.41) is 3.10. The molecule has 110 valence electrons. The predicted molar refractivity (Wildman–Crippen MR) is 76.8 cm³/mol. The Kier molecular flexibility index (Phi) is 3.92. The molecule has 20 heavy (non-hydrogen) atoms. The topological polar surface area (TPSA) is 15.3 Å². The molecule has 0 atom stereocenters. The Morgan fingerprint density at radius 2 is 1.80 bits per heavy atom. The van der Waals surface area contributed by atoms with Crippen molar-refractivity contribution in [3.8, 4) is 0 Å². The van der Waals surface area contributed by atoms with Crippen LogP contribution in [0.25, 0.3) is 0 Å². The van der Waals surface area contributed by atoms with Crippen LogP contribution in [0.2, 0.25) is 0 Å². The van der Waals surface area contributed by atoms with Gasteiger partial charge in [0.25, 0.3) is 0 Å². The Hall–Kier alpha value is -1.16. The molecule has 1 aromatic carbocycles. The Morgan fingerprint density at radius 1 is 1.15 bits per heavy atom. The molecule has 2 aliphatic carbocycles. The van der Waals surface area contributed by atoms with Crippen LogP contribution in [-0.2, 0) is 6.54 Å². The van der Waals surface area contributed by atoms with E-state index in [-0.39, 0.29) is 5.69 Å². The summed E-state index contributed by atoms with van der Waals surface area (Å²) < 4.78 is 28.7. The van der Waals surface area contributed by atoms with Gasteiger partial charge in [0, 0.05) is 19.1 Å². The van der Waals surface area contributed by atoms with Gasteiger partial charge in [0.2, 0.25) is 0 Å². The lowest BCUT2D eigenvalue weighted by molar-refractivity contribution is 0.558. The van der Waals surface area contributed by atoms with Gasteiger partial charge in [-0.1, -0.05) is 6.92 Å². The number of benzene rings is 1. The zero-order valence-electron chi connectivity index (χ0n) is 12.0. The molecule has 0 aliphatic heterocycles. The summed E-state index contributed by atoms with van der Waals surface area (Å²) in [4.78, 5) is 1.97. The molecule has 1 N–H and O–H groups in total. The van der Waals surface area contributed by atoms with E-state index in [4.69, 9.17) is 0 Å². The quantitative estimate of drug-likeness (QED) is 0.823. The van der Waals surface area contributed by atoms with E-state index in [1.165, 1.54) is 25.0 Å². The van der Waals surface area contributed by atoms with Crippen molar-refractivity contribution in [1.82, 2.24) is 5.32 Å². The van der Waals surface area contributed by atoms with Gasteiger partial charge in [0.15, 0.2) is 0 Å². The third-order valence-electron chi connectivity index (χ3n) is 4.08. The highest BCUT2D eigenvalue weighted by Crippen LogP contribution is 2.39. The molecule has 0 amide bonds. The molecular weight excluding hydrogens is 258 g/mol. The van der Waals surface area contributed by atoms with Crippen LogP contribution in [0, 0.1) is 17.6 Å². The fraction of sp³-hybridized carbons (Fsp3) is 0.625. The van der Waals surface area contributed by atoms with Crippen molar-refractivity contribution in [3.05, 3.63) is 29.3 Å². The molecule has 0 aromatic heterocycles. The predicted octanol–water partition coefficient (Wildman–Crippen LogP) is 3.45. The van der Waals surface area contributed by atoms with Crippen molar-refractivity contribution in [1.29, 1.82) is 0 Å². The molecule has 4 heteroatoms. The molecule has 0 saturated heterocycles. The Bertz CT molecular complexity index is 458. The molecule has 2 nitrogen and oxygen atoms in total. The normalized spacial score (nSPS) is 18.4. The summed E-state index contributed by atoms with van der Waals surface area (Å²) >= 11 is 0. The Labute approximate surface area is 119 Å². The maximum Gasteiger partial charge on any atom is 0.149 e. The SMILES string of the molecule is CCNCc1cc(F)c(N(CC2CC2)C2CC2)c(F)c1. The molecule has 2 saturated carbocycles. The van der Waals surface area contributed by atoms with E-state index in [1.54, 1.807) is 0 Å². The van der Waals surface area contributed by atoms with Crippen LogP contribution in [0.1, 0.15) is 38.2 Å². The van der Waals surface area contributed by atoms with Crippen LogP contribution >= 0.6 is 0 Å². The van der Waals surface area contributed by atoms with Gasteiger partial charge in [0.1, 0.15) is 17.3 Å². The van der Waals surface area contributed by atoms with E-state index in [9.17, 15) is 8.78 Å². The third kappa shape index (κ3) is 3.11. The highest BCUT2D eigenvalue weighted by molar-refractivity contribution is 5.53. The van der Waals surface area contributed by atoms with Crippen molar-refractivity contribution >= 4 is 5.69 Å². The van der Waals surface area contributed by atoms with Gasteiger partial charge in [0.05, 0.1) is 0 Å². The molecule has 1 aromatic rings. The van der Waals surface area contributed by atoms with Gasteiger partial charge in [-0.2, -0.15) is 0 Å². The molecule has 0 spiro atoms. The molecule has 2 aliphatic rings. The summed E-state index contributed by atoms with van der Waals surface area (Å²) in [6, 6.07) is 3.30. The summed E-state index contributed by atoms with van der Waals surface area (Å²) in [6.45, 7) is 4.09. The lowest BCUT2D eigenvalue weighted by Crippen LogP contribution is -2.30. The lowest BCUT2D eigenvalue weighted by atomic mass is 10.1. The molecule has 0 heterocycles. The van der Waals surface area contributed by atoms with Crippen LogP contribution in [0.5, 0.6) is 0 Å². The van der Waals surface area contributed by atoms with Crippen molar-refractivity contribution in [2.24, 2.45) is 5.92 Å². The average Bonchev–Trinajstić information content (AvgIpc) is 3.26. The molecule has 2 fully saturated rings. The summed E-state index contributed by atoms with van der Waals surface area (Å²) in [6.07, 6.45) is 4.52. The molecular formula is C16H22F2N2.